The molecule has 1 nitrogen and oxygen atoms in total. The van der Waals surface area contributed by atoms with Gasteiger partial charge in [0.15, 0.2) is 0 Å². The first-order chi connectivity index (χ1) is 5.70. The first-order valence-corrected chi connectivity index (χ1v) is 4.33. The van der Waals surface area contributed by atoms with Crippen molar-refractivity contribution in [2.24, 2.45) is 0 Å². The van der Waals surface area contributed by atoms with Crippen molar-refractivity contribution < 1.29 is 0 Å². The Kier molecular flexibility index (Phi) is 18.6. The van der Waals surface area contributed by atoms with Gasteiger partial charge in [0.25, 0.3) is 0 Å². The van der Waals surface area contributed by atoms with Gasteiger partial charge in [-0.15, -0.1) is 0 Å². The third-order valence-corrected chi connectivity index (χ3v) is 1.10. The first kappa shape index (κ1) is 17.9. The van der Waals surface area contributed by atoms with Gasteiger partial charge in [-0.3, -0.25) is 0 Å². The fourth-order valence-electron chi connectivity index (χ4n) is 0.662. The maximum Gasteiger partial charge on any atom is -0.0332 e. The molecule has 0 saturated heterocycles. The Hall–Kier alpha value is -1.08. The lowest BCUT2D eigenvalue weighted by Crippen LogP contribution is -1.69. The van der Waals surface area contributed by atoms with E-state index in [-0.39, 0.29) is 6.15 Å². The summed E-state index contributed by atoms with van der Waals surface area (Å²) in [6.07, 6.45) is 7.77. The molecule has 0 aromatic rings. The van der Waals surface area contributed by atoms with Gasteiger partial charge in [-0.2, -0.15) is 0 Å². The molecule has 0 rings (SSSR count). The second-order valence-corrected chi connectivity index (χ2v) is 2.17. The minimum absolute atomic E-state index is 0. The summed E-state index contributed by atoms with van der Waals surface area (Å²) >= 11 is 0. The number of allylic oxidation sites excluding steroid dienone is 6. The molecule has 0 atom stereocenters. The molecule has 0 amide bonds. The smallest absolute Gasteiger partial charge is 0.0332 e. The van der Waals surface area contributed by atoms with Crippen molar-refractivity contribution in [2.75, 3.05) is 0 Å². The van der Waals surface area contributed by atoms with Gasteiger partial charge in [-0.25, -0.2) is 0 Å². The van der Waals surface area contributed by atoms with E-state index in [4.69, 9.17) is 0 Å². The Balaban J connectivity index is -0.000000309. The quantitative estimate of drug-likeness (QED) is 0.642. The number of hydrogen-bond donors (Lipinski definition) is 1. The molecular formula is C12H23N. The van der Waals surface area contributed by atoms with Crippen LogP contribution in [0.5, 0.6) is 0 Å². The van der Waals surface area contributed by atoms with E-state index >= 15 is 0 Å². The van der Waals surface area contributed by atoms with E-state index in [1.54, 1.807) is 6.08 Å². The van der Waals surface area contributed by atoms with Crippen LogP contribution in [0.25, 0.3) is 0 Å². The van der Waals surface area contributed by atoms with Crippen LogP contribution >= 0.6 is 0 Å². The molecule has 0 radical (unpaired) electrons. The molecule has 1 heteroatoms. The molecule has 0 bridgehead atoms. The van der Waals surface area contributed by atoms with Gasteiger partial charge in [0.2, 0.25) is 0 Å². The van der Waals surface area contributed by atoms with Crippen LogP contribution in [0.2, 0.25) is 0 Å². The van der Waals surface area contributed by atoms with Gasteiger partial charge in [0.1, 0.15) is 0 Å². The Bertz CT molecular complexity index is 185. The van der Waals surface area contributed by atoms with Crippen LogP contribution in [0, 0.1) is 0 Å². The van der Waals surface area contributed by atoms with E-state index < -0.39 is 0 Å². The highest BCUT2D eigenvalue weighted by Gasteiger charge is 1.80. The van der Waals surface area contributed by atoms with Crippen molar-refractivity contribution in [3.63, 3.8) is 0 Å². The number of rotatable bonds is 3. The van der Waals surface area contributed by atoms with Crippen LogP contribution < -0.4 is 6.15 Å². The fraction of sp³-hybridized carbons (Fsp3) is 0.333. The Morgan fingerprint density at radius 1 is 1.23 bits per heavy atom. The maximum absolute atomic E-state index is 3.77. The summed E-state index contributed by atoms with van der Waals surface area (Å²) in [5.41, 5.74) is 2.16. The molecular weight excluding hydrogens is 158 g/mol. The predicted octanol–water partition coefficient (Wildman–Crippen LogP) is 4.44. The summed E-state index contributed by atoms with van der Waals surface area (Å²) in [5, 5.41) is 0. The van der Waals surface area contributed by atoms with Crippen LogP contribution in [0.1, 0.15) is 27.7 Å². The van der Waals surface area contributed by atoms with E-state index in [1.165, 1.54) is 5.57 Å². The van der Waals surface area contributed by atoms with Crippen molar-refractivity contribution in [3.05, 3.63) is 48.6 Å². The van der Waals surface area contributed by atoms with Crippen molar-refractivity contribution in [1.29, 1.82) is 0 Å². The van der Waals surface area contributed by atoms with Crippen molar-refractivity contribution in [3.8, 4) is 0 Å². The summed E-state index contributed by atoms with van der Waals surface area (Å²) in [4.78, 5) is 0. The molecule has 76 valence electrons. The molecule has 0 aliphatic rings. The molecule has 0 aromatic carbocycles. The van der Waals surface area contributed by atoms with E-state index in [2.05, 4.69) is 13.2 Å². The highest BCUT2D eigenvalue weighted by molar-refractivity contribution is 5.32. The largest absolute Gasteiger partial charge is 0.344 e. The Morgan fingerprint density at radius 2 is 1.69 bits per heavy atom. The molecule has 0 aliphatic carbocycles. The third-order valence-electron chi connectivity index (χ3n) is 1.10. The molecule has 0 heterocycles. The fourth-order valence-corrected chi connectivity index (χ4v) is 0.662. The van der Waals surface area contributed by atoms with E-state index in [0.717, 1.165) is 5.57 Å². The molecule has 0 aromatic heterocycles. The topological polar surface area (TPSA) is 35.0 Å². The van der Waals surface area contributed by atoms with Gasteiger partial charge >= 0.3 is 0 Å². The van der Waals surface area contributed by atoms with Crippen LogP contribution in [-0.2, 0) is 0 Å². The lowest BCUT2D eigenvalue weighted by molar-refractivity contribution is 1.48. The van der Waals surface area contributed by atoms with Crippen LogP contribution in [0.4, 0.5) is 0 Å². The Morgan fingerprint density at radius 3 is 2.00 bits per heavy atom. The average Bonchev–Trinajstić information content (AvgIpc) is 2.08. The van der Waals surface area contributed by atoms with Crippen molar-refractivity contribution in [1.82, 2.24) is 6.15 Å². The normalized spacial score (nSPS) is 9.69. The summed E-state index contributed by atoms with van der Waals surface area (Å²) in [7, 11) is 0. The lowest BCUT2D eigenvalue weighted by atomic mass is 10.2. The SMILES string of the molecule is C=CC(=C)/C=C(C)\C=C/C.CC.N. The van der Waals surface area contributed by atoms with E-state index in [9.17, 15) is 0 Å². The molecule has 0 fully saturated rings. The summed E-state index contributed by atoms with van der Waals surface area (Å²) < 4.78 is 0. The molecule has 0 saturated carbocycles. The van der Waals surface area contributed by atoms with Crippen molar-refractivity contribution >= 4 is 0 Å². The second kappa shape index (κ2) is 13.5. The standard InChI is InChI=1S/C10H14.C2H6.H3N/c1-5-7-10(4)8-9(3)6-2;1-2;/h5-8H,2-3H2,1,4H3;1-2H3;1H3/b7-5-,10-8-;;. The van der Waals surface area contributed by atoms with Gasteiger partial charge in [-0.05, 0) is 19.4 Å². The zero-order valence-corrected chi connectivity index (χ0v) is 9.43. The van der Waals surface area contributed by atoms with Gasteiger partial charge in [0.05, 0.1) is 0 Å². The summed E-state index contributed by atoms with van der Waals surface area (Å²) in [6.45, 7) is 15.4. The molecule has 0 aliphatic heterocycles. The van der Waals surface area contributed by atoms with Crippen molar-refractivity contribution in [2.45, 2.75) is 27.7 Å². The van der Waals surface area contributed by atoms with Gasteiger partial charge in [0, 0.05) is 0 Å². The zero-order chi connectivity index (χ0) is 9.98. The molecule has 0 spiro atoms. The minimum Gasteiger partial charge on any atom is -0.344 e. The summed E-state index contributed by atoms with van der Waals surface area (Å²) in [6, 6.07) is 0. The van der Waals surface area contributed by atoms with Gasteiger partial charge < -0.3 is 6.15 Å². The highest BCUT2D eigenvalue weighted by Crippen LogP contribution is 2.01. The second-order valence-electron chi connectivity index (χ2n) is 2.17. The van der Waals surface area contributed by atoms with E-state index in [0.29, 0.717) is 0 Å². The highest BCUT2D eigenvalue weighted by atomic mass is 14.0. The number of hydrogen-bond acceptors (Lipinski definition) is 1. The predicted molar refractivity (Wildman–Crippen MR) is 64.3 cm³/mol. The average molecular weight is 181 g/mol. The van der Waals surface area contributed by atoms with E-state index in [1.807, 2.05) is 45.9 Å². The first-order valence-electron chi connectivity index (χ1n) is 4.33. The summed E-state index contributed by atoms with van der Waals surface area (Å²) in [5.74, 6) is 0. The minimum atomic E-state index is 0. The lowest BCUT2D eigenvalue weighted by Gasteiger charge is -1.90. The Labute approximate surface area is 83.1 Å². The van der Waals surface area contributed by atoms with Gasteiger partial charge in [-0.1, -0.05) is 56.9 Å². The monoisotopic (exact) mass is 181 g/mol. The van der Waals surface area contributed by atoms with Crippen LogP contribution in [-0.4, -0.2) is 0 Å². The molecule has 3 N–H and O–H groups in total. The maximum atomic E-state index is 3.77. The molecule has 0 unspecified atom stereocenters. The van der Waals surface area contributed by atoms with Crippen LogP contribution in [0.15, 0.2) is 48.6 Å². The molecule has 13 heavy (non-hydrogen) atoms. The zero-order valence-electron chi connectivity index (χ0n) is 9.43. The third kappa shape index (κ3) is 13.9. The van der Waals surface area contributed by atoms with Crippen LogP contribution in [0.3, 0.4) is 0 Å².